The second-order valence-corrected chi connectivity index (χ2v) is 1.77. The van der Waals surface area contributed by atoms with Crippen molar-refractivity contribution in [3.05, 3.63) is 0 Å². The summed E-state index contributed by atoms with van der Waals surface area (Å²) in [7, 11) is 0. The summed E-state index contributed by atoms with van der Waals surface area (Å²) in [6.45, 7) is 0.428. The Labute approximate surface area is 49.1 Å². The SMILES string of the molecule is NCCC[C@@H](O)CO. The van der Waals surface area contributed by atoms with Crippen LogP contribution in [0.4, 0.5) is 0 Å². The van der Waals surface area contributed by atoms with Crippen molar-refractivity contribution in [1.29, 1.82) is 0 Å². The second kappa shape index (κ2) is 5.03. The molecule has 0 amide bonds. The van der Waals surface area contributed by atoms with E-state index in [0.717, 1.165) is 6.42 Å². The first kappa shape index (κ1) is 7.88. The molecule has 0 aromatic carbocycles. The third-order valence-electron chi connectivity index (χ3n) is 0.952. The molecule has 0 saturated carbocycles. The van der Waals surface area contributed by atoms with Crippen LogP contribution in [0.5, 0.6) is 0 Å². The van der Waals surface area contributed by atoms with Crippen LogP contribution in [0.2, 0.25) is 0 Å². The van der Waals surface area contributed by atoms with Gasteiger partial charge in [-0.2, -0.15) is 0 Å². The van der Waals surface area contributed by atoms with E-state index in [0.29, 0.717) is 13.0 Å². The summed E-state index contributed by atoms with van der Waals surface area (Å²) in [5.41, 5.74) is 5.14. The fourth-order valence-corrected chi connectivity index (χ4v) is 0.445. The van der Waals surface area contributed by atoms with E-state index in [9.17, 15) is 0 Å². The summed E-state index contributed by atoms with van der Waals surface area (Å²) in [5.74, 6) is 0. The molecule has 0 aliphatic carbocycles. The van der Waals surface area contributed by atoms with Crippen molar-refractivity contribution >= 4 is 0 Å². The van der Waals surface area contributed by atoms with E-state index in [1.54, 1.807) is 0 Å². The summed E-state index contributed by atoms with van der Waals surface area (Å²) >= 11 is 0. The minimum absolute atomic E-state index is 0.153. The van der Waals surface area contributed by atoms with Crippen LogP contribution >= 0.6 is 0 Å². The van der Waals surface area contributed by atoms with Gasteiger partial charge in [0.1, 0.15) is 0 Å². The van der Waals surface area contributed by atoms with E-state index in [2.05, 4.69) is 0 Å². The number of rotatable bonds is 4. The molecule has 4 N–H and O–H groups in total. The molecule has 0 saturated heterocycles. The first-order chi connectivity index (χ1) is 3.81. The van der Waals surface area contributed by atoms with Gasteiger partial charge in [-0.1, -0.05) is 0 Å². The first-order valence-electron chi connectivity index (χ1n) is 2.80. The Balaban J connectivity index is 2.86. The Morgan fingerprint density at radius 2 is 2.12 bits per heavy atom. The van der Waals surface area contributed by atoms with Crippen molar-refractivity contribution < 1.29 is 10.2 Å². The maximum Gasteiger partial charge on any atom is 0.0771 e. The number of hydrogen-bond acceptors (Lipinski definition) is 3. The smallest absolute Gasteiger partial charge is 0.0771 e. The van der Waals surface area contributed by atoms with Gasteiger partial charge in [0.15, 0.2) is 0 Å². The van der Waals surface area contributed by atoms with Gasteiger partial charge in [0.2, 0.25) is 0 Å². The van der Waals surface area contributed by atoms with Crippen molar-refractivity contribution in [2.45, 2.75) is 18.9 Å². The van der Waals surface area contributed by atoms with E-state index in [4.69, 9.17) is 15.9 Å². The molecule has 0 spiro atoms. The van der Waals surface area contributed by atoms with Gasteiger partial charge in [0.25, 0.3) is 0 Å². The lowest BCUT2D eigenvalue weighted by Crippen LogP contribution is -2.13. The highest BCUT2D eigenvalue weighted by molar-refractivity contribution is 4.51. The molecule has 0 aliphatic rings. The molecule has 50 valence electrons. The molecule has 3 nitrogen and oxygen atoms in total. The lowest BCUT2D eigenvalue weighted by atomic mass is 10.2. The zero-order valence-electron chi connectivity index (χ0n) is 4.88. The molecule has 0 aliphatic heterocycles. The second-order valence-electron chi connectivity index (χ2n) is 1.77. The van der Waals surface area contributed by atoms with Gasteiger partial charge >= 0.3 is 0 Å². The van der Waals surface area contributed by atoms with Gasteiger partial charge in [-0.15, -0.1) is 0 Å². The maximum absolute atomic E-state index is 8.68. The van der Waals surface area contributed by atoms with Gasteiger partial charge in [-0.3, -0.25) is 0 Å². The molecule has 0 bridgehead atoms. The zero-order chi connectivity index (χ0) is 6.41. The Kier molecular flexibility index (Phi) is 4.95. The molecular formula is C5H13NO2. The quantitative estimate of drug-likeness (QED) is 0.448. The zero-order valence-corrected chi connectivity index (χ0v) is 4.88. The summed E-state index contributed by atoms with van der Waals surface area (Å²) in [6, 6.07) is 0. The Morgan fingerprint density at radius 3 is 2.50 bits per heavy atom. The van der Waals surface area contributed by atoms with Crippen molar-refractivity contribution in [2.75, 3.05) is 13.2 Å². The fraction of sp³-hybridized carbons (Fsp3) is 1.00. The van der Waals surface area contributed by atoms with Gasteiger partial charge in [0.05, 0.1) is 12.7 Å². The van der Waals surface area contributed by atoms with Gasteiger partial charge in [0, 0.05) is 0 Å². The van der Waals surface area contributed by atoms with Crippen molar-refractivity contribution in [2.24, 2.45) is 5.73 Å². The average Bonchev–Trinajstić information content (AvgIpc) is 1.83. The third kappa shape index (κ3) is 4.05. The Hall–Kier alpha value is -0.120. The highest BCUT2D eigenvalue weighted by atomic mass is 16.3. The van der Waals surface area contributed by atoms with Gasteiger partial charge < -0.3 is 15.9 Å². The molecule has 0 heterocycles. The summed E-state index contributed by atoms with van der Waals surface area (Å²) < 4.78 is 0. The van der Waals surface area contributed by atoms with E-state index in [1.165, 1.54) is 0 Å². The molecular weight excluding hydrogens is 106 g/mol. The molecule has 1 atom stereocenters. The molecule has 0 aromatic rings. The minimum atomic E-state index is -0.571. The van der Waals surface area contributed by atoms with E-state index >= 15 is 0 Å². The average molecular weight is 119 g/mol. The fourth-order valence-electron chi connectivity index (χ4n) is 0.445. The summed E-state index contributed by atoms with van der Waals surface area (Å²) in [5, 5.41) is 17.0. The van der Waals surface area contributed by atoms with E-state index in [1.807, 2.05) is 0 Å². The van der Waals surface area contributed by atoms with Crippen LogP contribution in [0.1, 0.15) is 12.8 Å². The number of aliphatic hydroxyl groups is 2. The highest BCUT2D eigenvalue weighted by Crippen LogP contribution is 1.92. The standard InChI is InChI=1S/C5H13NO2/c6-3-1-2-5(8)4-7/h5,7-8H,1-4,6H2/t5-/m1/s1. The van der Waals surface area contributed by atoms with Crippen molar-refractivity contribution in [3.8, 4) is 0 Å². The molecule has 0 fully saturated rings. The Morgan fingerprint density at radius 1 is 1.50 bits per heavy atom. The largest absolute Gasteiger partial charge is 0.394 e. The topological polar surface area (TPSA) is 66.5 Å². The number of aliphatic hydroxyl groups excluding tert-OH is 2. The summed E-state index contributed by atoms with van der Waals surface area (Å²) in [4.78, 5) is 0. The molecule has 8 heavy (non-hydrogen) atoms. The predicted octanol–water partition coefficient (Wildman–Crippen LogP) is -0.921. The maximum atomic E-state index is 8.68. The van der Waals surface area contributed by atoms with Crippen molar-refractivity contribution in [3.63, 3.8) is 0 Å². The first-order valence-corrected chi connectivity index (χ1v) is 2.80. The lowest BCUT2D eigenvalue weighted by Gasteiger charge is -2.02. The normalized spacial score (nSPS) is 13.9. The molecule has 0 unspecified atom stereocenters. The van der Waals surface area contributed by atoms with Gasteiger partial charge in [-0.05, 0) is 19.4 Å². The molecule has 0 radical (unpaired) electrons. The minimum Gasteiger partial charge on any atom is -0.394 e. The number of nitrogens with two attached hydrogens (primary N) is 1. The van der Waals surface area contributed by atoms with E-state index in [-0.39, 0.29) is 6.61 Å². The molecule has 0 aromatic heterocycles. The van der Waals surface area contributed by atoms with Crippen LogP contribution in [0, 0.1) is 0 Å². The van der Waals surface area contributed by atoms with Crippen LogP contribution in [0.15, 0.2) is 0 Å². The highest BCUT2D eigenvalue weighted by Gasteiger charge is 1.97. The van der Waals surface area contributed by atoms with Crippen LogP contribution in [-0.4, -0.2) is 29.5 Å². The monoisotopic (exact) mass is 119 g/mol. The Bertz CT molecular complexity index is 49.7. The van der Waals surface area contributed by atoms with Gasteiger partial charge in [-0.25, -0.2) is 0 Å². The molecule has 3 heteroatoms. The van der Waals surface area contributed by atoms with Crippen LogP contribution in [-0.2, 0) is 0 Å². The van der Waals surface area contributed by atoms with Crippen molar-refractivity contribution in [1.82, 2.24) is 0 Å². The third-order valence-corrected chi connectivity index (χ3v) is 0.952. The van der Waals surface area contributed by atoms with Crippen LogP contribution < -0.4 is 5.73 Å². The number of hydrogen-bond donors (Lipinski definition) is 3. The van der Waals surface area contributed by atoms with Crippen LogP contribution in [0.25, 0.3) is 0 Å². The molecule has 0 rings (SSSR count). The lowest BCUT2D eigenvalue weighted by molar-refractivity contribution is 0.0871. The predicted molar refractivity (Wildman–Crippen MR) is 31.4 cm³/mol. The van der Waals surface area contributed by atoms with E-state index < -0.39 is 6.10 Å². The van der Waals surface area contributed by atoms with Crippen LogP contribution in [0.3, 0.4) is 0 Å². The summed E-state index contributed by atoms with van der Waals surface area (Å²) in [6.07, 6.45) is 0.813.